The van der Waals surface area contributed by atoms with E-state index in [9.17, 15) is 33.9 Å². The first-order valence-electron chi connectivity index (χ1n) is 17.3. The molecule has 3 rings (SSSR count). The number of guanidine groups is 1. The van der Waals surface area contributed by atoms with E-state index in [4.69, 9.17) is 17.2 Å². The highest BCUT2D eigenvalue weighted by molar-refractivity contribution is 5.95. The highest BCUT2D eigenvalue weighted by Crippen LogP contribution is 2.18. The number of H-pyrrole nitrogens is 1. The lowest BCUT2D eigenvalue weighted by atomic mass is 10.0. The van der Waals surface area contributed by atoms with Crippen LogP contribution >= 0.6 is 0 Å². The minimum Gasteiger partial charge on any atom is -0.480 e. The lowest BCUT2D eigenvalue weighted by Gasteiger charge is -2.25. The Morgan fingerprint density at radius 2 is 1.42 bits per heavy atom. The van der Waals surface area contributed by atoms with Crippen molar-refractivity contribution >= 4 is 52.4 Å². The number of carboxylic acids is 1. The van der Waals surface area contributed by atoms with Gasteiger partial charge < -0.3 is 53.9 Å². The van der Waals surface area contributed by atoms with Crippen molar-refractivity contribution < 1.29 is 33.9 Å². The molecule has 53 heavy (non-hydrogen) atoms. The van der Waals surface area contributed by atoms with Gasteiger partial charge in [-0.05, 0) is 48.8 Å². The van der Waals surface area contributed by atoms with Crippen molar-refractivity contribution in [3.8, 4) is 0 Å². The molecule has 17 heteroatoms. The maximum absolute atomic E-state index is 13.6. The predicted octanol–water partition coefficient (Wildman–Crippen LogP) is -0.848. The van der Waals surface area contributed by atoms with E-state index in [0.29, 0.717) is 5.56 Å². The van der Waals surface area contributed by atoms with E-state index in [-0.39, 0.29) is 50.5 Å². The third kappa shape index (κ3) is 14.3. The van der Waals surface area contributed by atoms with Crippen molar-refractivity contribution in [1.29, 1.82) is 0 Å². The second kappa shape index (κ2) is 20.8. The Hall–Kier alpha value is -5.97. The molecule has 0 aliphatic heterocycles. The van der Waals surface area contributed by atoms with Crippen LogP contribution in [0.2, 0.25) is 0 Å². The number of rotatable bonds is 21. The molecule has 0 bridgehead atoms. The van der Waals surface area contributed by atoms with Crippen LogP contribution in [0.4, 0.5) is 0 Å². The van der Waals surface area contributed by atoms with Crippen LogP contribution in [-0.4, -0.2) is 95.4 Å². The summed E-state index contributed by atoms with van der Waals surface area (Å²) in [7, 11) is 0. The number of carboxylic acid groups (broad SMARTS) is 1. The lowest BCUT2D eigenvalue weighted by Crippen LogP contribution is -2.57. The van der Waals surface area contributed by atoms with E-state index in [1.807, 2.05) is 38.1 Å². The zero-order valence-corrected chi connectivity index (χ0v) is 29.9. The molecule has 3 aromatic rings. The number of aliphatic carboxylic acids is 1. The lowest BCUT2D eigenvalue weighted by molar-refractivity contribution is -0.142. The first-order valence-corrected chi connectivity index (χ1v) is 17.3. The van der Waals surface area contributed by atoms with Gasteiger partial charge in [-0.15, -0.1) is 0 Å². The van der Waals surface area contributed by atoms with Crippen LogP contribution in [0, 0.1) is 5.92 Å². The maximum Gasteiger partial charge on any atom is 0.326 e. The number of nitrogens with zero attached hydrogens (tertiary/aromatic N) is 1. The van der Waals surface area contributed by atoms with E-state index in [1.54, 1.807) is 36.5 Å². The quantitative estimate of drug-likeness (QED) is 0.0368. The van der Waals surface area contributed by atoms with E-state index >= 15 is 0 Å². The van der Waals surface area contributed by atoms with E-state index < -0.39 is 72.8 Å². The van der Waals surface area contributed by atoms with Crippen molar-refractivity contribution in [2.45, 2.75) is 70.1 Å². The molecular formula is C36H50N10O7. The Bertz CT molecular complexity index is 1740. The highest BCUT2D eigenvalue weighted by Gasteiger charge is 2.30. The summed E-state index contributed by atoms with van der Waals surface area (Å²) in [4.78, 5) is 83.9. The first kappa shape index (κ1) is 41.5. The number of aliphatic imine (C=N–C) groups is 1. The minimum atomic E-state index is -1.26. The first-order chi connectivity index (χ1) is 25.2. The standard InChI is InChI=1S/C36H50N10O7/c1-21(2)15-28(33(50)45-27(35(52)53)13-8-14-40-36(38)39)46-34(51)29(16-22-9-4-3-5-10-22)44-31(48)20-42-30(47)19-43-32(49)25(37)17-23-18-41-26-12-7-6-11-24(23)26/h3-7,9-12,18,21,25,27-29,41H,8,13-17,19-20,37H2,1-2H3,(H,42,47)(H,43,49)(H,44,48)(H,45,50)(H,46,51)(H,52,53)(H4,38,39,40)/t25-,27-,28-,29-/m0/s1. The molecule has 4 atom stereocenters. The van der Waals surface area contributed by atoms with Gasteiger partial charge in [0.05, 0.1) is 19.1 Å². The van der Waals surface area contributed by atoms with Gasteiger partial charge in [0.25, 0.3) is 0 Å². The van der Waals surface area contributed by atoms with Gasteiger partial charge in [-0.1, -0.05) is 62.4 Å². The Balaban J connectivity index is 1.58. The largest absolute Gasteiger partial charge is 0.480 e. The fraction of sp³-hybridized carbons (Fsp3) is 0.417. The summed E-state index contributed by atoms with van der Waals surface area (Å²) in [5.74, 6) is -4.77. The van der Waals surface area contributed by atoms with E-state index in [1.165, 1.54) is 0 Å². The van der Waals surface area contributed by atoms with Crippen LogP contribution in [0.3, 0.4) is 0 Å². The summed E-state index contributed by atoms with van der Waals surface area (Å²) < 4.78 is 0. The van der Waals surface area contributed by atoms with Gasteiger partial charge in [0, 0.05) is 30.1 Å². The van der Waals surface area contributed by atoms with Crippen molar-refractivity contribution in [1.82, 2.24) is 31.6 Å². The van der Waals surface area contributed by atoms with Crippen molar-refractivity contribution in [2.75, 3.05) is 19.6 Å². The predicted molar refractivity (Wildman–Crippen MR) is 199 cm³/mol. The third-order valence-corrected chi connectivity index (χ3v) is 8.16. The molecule has 0 aliphatic rings. The van der Waals surface area contributed by atoms with Crippen molar-refractivity contribution in [3.63, 3.8) is 0 Å². The van der Waals surface area contributed by atoms with Crippen LogP contribution < -0.4 is 43.8 Å². The van der Waals surface area contributed by atoms with Crippen molar-refractivity contribution in [3.05, 3.63) is 71.9 Å². The fourth-order valence-electron chi connectivity index (χ4n) is 5.48. The number of benzene rings is 2. The summed E-state index contributed by atoms with van der Waals surface area (Å²) in [5.41, 5.74) is 19.2. The molecule has 286 valence electrons. The van der Waals surface area contributed by atoms with Gasteiger partial charge in [-0.3, -0.25) is 29.0 Å². The zero-order chi connectivity index (χ0) is 38.9. The molecule has 0 aliphatic carbocycles. The van der Waals surface area contributed by atoms with Gasteiger partial charge in [0.1, 0.15) is 18.1 Å². The maximum atomic E-state index is 13.6. The van der Waals surface area contributed by atoms with E-state index in [0.717, 1.165) is 16.5 Å². The van der Waals surface area contributed by atoms with Crippen LogP contribution in [0.25, 0.3) is 10.9 Å². The molecule has 13 N–H and O–H groups in total. The molecule has 1 aromatic heterocycles. The number of carbonyl (C=O) groups is 6. The molecular weight excluding hydrogens is 684 g/mol. The smallest absolute Gasteiger partial charge is 0.326 e. The third-order valence-electron chi connectivity index (χ3n) is 8.16. The number of carbonyl (C=O) groups excluding carboxylic acids is 5. The van der Waals surface area contributed by atoms with Crippen LogP contribution in [0.15, 0.2) is 65.8 Å². The van der Waals surface area contributed by atoms with Gasteiger partial charge in [-0.25, -0.2) is 4.79 Å². The topological polar surface area (TPSA) is 289 Å². The molecule has 0 fully saturated rings. The molecule has 2 aromatic carbocycles. The number of para-hydroxylation sites is 1. The van der Waals surface area contributed by atoms with Crippen LogP contribution in [0.5, 0.6) is 0 Å². The summed E-state index contributed by atoms with van der Waals surface area (Å²) in [6, 6.07) is 12.0. The Kier molecular flexibility index (Phi) is 16.2. The number of aromatic amines is 1. The zero-order valence-electron chi connectivity index (χ0n) is 29.9. The molecule has 0 radical (unpaired) electrons. The van der Waals surface area contributed by atoms with Gasteiger partial charge >= 0.3 is 5.97 Å². The summed E-state index contributed by atoms with van der Waals surface area (Å²) in [6.07, 6.45) is 2.57. The summed E-state index contributed by atoms with van der Waals surface area (Å²) in [5, 5.41) is 23.3. The average Bonchev–Trinajstić information content (AvgIpc) is 3.52. The number of aromatic nitrogens is 1. The number of amides is 5. The number of hydrogen-bond acceptors (Lipinski definition) is 8. The normalized spacial score (nSPS) is 13.2. The van der Waals surface area contributed by atoms with Crippen LogP contribution in [-0.2, 0) is 41.6 Å². The number of fused-ring (bicyclic) bond motifs is 1. The van der Waals surface area contributed by atoms with Crippen molar-refractivity contribution in [2.24, 2.45) is 28.1 Å². The second-order valence-corrected chi connectivity index (χ2v) is 13.0. The highest BCUT2D eigenvalue weighted by atomic mass is 16.4. The Morgan fingerprint density at radius 3 is 2.09 bits per heavy atom. The molecule has 5 amide bonds. The number of hydrogen-bond donors (Lipinski definition) is 10. The number of nitrogens with one attached hydrogen (secondary N) is 6. The SMILES string of the molecule is CC(C)C[C@H](NC(=O)[C@H](Cc1ccccc1)NC(=O)CNC(=O)CNC(=O)[C@@H](N)Cc1c[nH]c2ccccc12)C(=O)N[C@@H](CCCN=C(N)N)C(=O)O. The average molecular weight is 735 g/mol. The molecule has 17 nitrogen and oxygen atoms in total. The molecule has 1 heterocycles. The Morgan fingerprint density at radius 1 is 0.774 bits per heavy atom. The fourth-order valence-corrected chi connectivity index (χ4v) is 5.48. The molecule has 0 spiro atoms. The number of nitrogens with two attached hydrogens (primary N) is 3. The summed E-state index contributed by atoms with van der Waals surface area (Å²) in [6.45, 7) is 2.90. The Labute approximate surface area is 307 Å². The second-order valence-electron chi connectivity index (χ2n) is 13.0. The monoisotopic (exact) mass is 734 g/mol. The molecule has 0 unspecified atom stereocenters. The summed E-state index contributed by atoms with van der Waals surface area (Å²) >= 11 is 0. The van der Waals surface area contributed by atoms with Gasteiger partial charge in [0.15, 0.2) is 5.96 Å². The van der Waals surface area contributed by atoms with Gasteiger partial charge in [-0.2, -0.15) is 0 Å². The van der Waals surface area contributed by atoms with Crippen LogP contribution in [0.1, 0.15) is 44.2 Å². The molecule has 0 saturated carbocycles. The minimum absolute atomic E-state index is 0.0418. The van der Waals surface area contributed by atoms with Gasteiger partial charge in [0.2, 0.25) is 29.5 Å². The molecule has 0 saturated heterocycles. The van der Waals surface area contributed by atoms with E-state index in [2.05, 4.69) is 36.6 Å².